The van der Waals surface area contributed by atoms with E-state index in [1.807, 2.05) is 32.0 Å². The number of rotatable bonds is 7. The molecule has 0 aliphatic carbocycles. The molecule has 0 aromatic heterocycles. The molecule has 0 radical (unpaired) electrons. The Hall–Kier alpha value is -2.58. The number of hydrogen-bond donors (Lipinski definition) is 2. The number of carbonyl (C=O) groups excluding carboxylic acids is 1. The van der Waals surface area contributed by atoms with Crippen molar-refractivity contribution in [1.29, 1.82) is 0 Å². The highest BCUT2D eigenvalue weighted by atomic mass is 32.2. The van der Waals surface area contributed by atoms with Crippen molar-refractivity contribution in [1.82, 2.24) is 4.72 Å². The van der Waals surface area contributed by atoms with E-state index < -0.39 is 22.0 Å². The quantitative estimate of drug-likeness (QED) is 0.755. The lowest BCUT2D eigenvalue weighted by Gasteiger charge is -2.16. The van der Waals surface area contributed by atoms with Gasteiger partial charge in [-0.05, 0) is 50.1 Å². The Labute approximate surface area is 159 Å². The van der Waals surface area contributed by atoms with Crippen LogP contribution in [0.1, 0.15) is 18.1 Å². The summed E-state index contributed by atoms with van der Waals surface area (Å²) in [4.78, 5) is 12.4. The van der Waals surface area contributed by atoms with E-state index in [1.165, 1.54) is 39.3 Å². The third-order valence-electron chi connectivity index (χ3n) is 4.04. The second-order valence-electron chi connectivity index (χ2n) is 6.17. The second-order valence-corrected chi connectivity index (χ2v) is 7.88. The van der Waals surface area contributed by atoms with Crippen molar-refractivity contribution in [3.8, 4) is 11.5 Å². The summed E-state index contributed by atoms with van der Waals surface area (Å²) in [5, 5.41) is 2.76. The van der Waals surface area contributed by atoms with Gasteiger partial charge in [-0.1, -0.05) is 12.1 Å². The number of methoxy groups -OCH3 is 2. The average Bonchev–Trinajstić information content (AvgIpc) is 2.63. The largest absolute Gasteiger partial charge is 0.493 e. The maximum Gasteiger partial charge on any atom is 0.242 e. The van der Waals surface area contributed by atoms with E-state index in [0.29, 0.717) is 11.4 Å². The normalized spacial score (nSPS) is 12.3. The molecule has 0 saturated heterocycles. The number of carbonyl (C=O) groups is 1. The van der Waals surface area contributed by atoms with Gasteiger partial charge in [-0.2, -0.15) is 4.72 Å². The summed E-state index contributed by atoms with van der Waals surface area (Å²) in [7, 11) is -1.04. The standard InChI is InChI=1S/C19H24N2O5S/c1-12-6-7-13(2)16(10-12)20-19(22)14(3)21-27(23,24)15-8-9-17(25-4)18(11-15)26-5/h6-11,14,21H,1-5H3,(H,20,22). The minimum atomic E-state index is -3.92. The Kier molecular flexibility index (Phi) is 6.45. The maximum absolute atomic E-state index is 12.6. The van der Waals surface area contributed by atoms with E-state index in [1.54, 1.807) is 0 Å². The molecule has 2 rings (SSSR count). The fraction of sp³-hybridized carbons (Fsp3) is 0.316. The molecule has 27 heavy (non-hydrogen) atoms. The number of anilines is 1. The fourth-order valence-electron chi connectivity index (χ4n) is 2.45. The molecule has 2 N–H and O–H groups in total. The predicted molar refractivity (Wildman–Crippen MR) is 104 cm³/mol. The number of ether oxygens (including phenoxy) is 2. The molecule has 2 aromatic carbocycles. The van der Waals surface area contributed by atoms with Crippen LogP contribution in [0.5, 0.6) is 11.5 Å². The Morgan fingerprint density at radius 1 is 1.00 bits per heavy atom. The third kappa shape index (κ3) is 4.99. The molecule has 8 heteroatoms. The molecule has 1 amide bonds. The third-order valence-corrected chi connectivity index (χ3v) is 5.58. The highest BCUT2D eigenvalue weighted by molar-refractivity contribution is 7.89. The summed E-state index contributed by atoms with van der Waals surface area (Å²) in [6.07, 6.45) is 0. The van der Waals surface area contributed by atoms with E-state index in [4.69, 9.17) is 9.47 Å². The molecule has 1 atom stereocenters. The Morgan fingerprint density at radius 3 is 2.30 bits per heavy atom. The van der Waals surface area contributed by atoms with Crippen molar-refractivity contribution < 1.29 is 22.7 Å². The van der Waals surface area contributed by atoms with Crippen LogP contribution in [-0.4, -0.2) is 34.6 Å². The summed E-state index contributed by atoms with van der Waals surface area (Å²) in [5.41, 5.74) is 2.54. The van der Waals surface area contributed by atoms with Gasteiger partial charge in [0.1, 0.15) is 0 Å². The molecule has 0 aliphatic heterocycles. The number of sulfonamides is 1. The zero-order chi connectivity index (χ0) is 20.2. The molecule has 0 aliphatic rings. The van der Waals surface area contributed by atoms with Gasteiger partial charge in [0.25, 0.3) is 0 Å². The van der Waals surface area contributed by atoms with Crippen LogP contribution < -0.4 is 19.5 Å². The number of hydrogen-bond acceptors (Lipinski definition) is 5. The number of benzene rings is 2. The van der Waals surface area contributed by atoms with E-state index in [9.17, 15) is 13.2 Å². The summed E-state index contributed by atoms with van der Waals surface area (Å²) < 4.78 is 37.8. The molecule has 0 saturated carbocycles. The number of amides is 1. The van der Waals surface area contributed by atoms with Gasteiger partial charge < -0.3 is 14.8 Å². The number of nitrogens with one attached hydrogen (secondary N) is 2. The van der Waals surface area contributed by atoms with Gasteiger partial charge in [0.2, 0.25) is 15.9 Å². The predicted octanol–water partition coefficient (Wildman–Crippen LogP) is 2.63. The monoisotopic (exact) mass is 392 g/mol. The van der Waals surface area contributed by atoms with Crippen molar-refractivity contribution in [2.45, 2.75) is 31.7 Å². The lowest BCUT2D eigenvalue weighted by molar-refractivity contribution is -0.117. The van der Waals surface area contributed by atoms with Crippen LogP contribution in [0.15, 0.2) is 41.3 Å². The van der Waals surface area contributed by atoms with E-state index >= 15 is 0 Å². The van der Waals surface area contributed by atoms with Crippen molar-refractivity contribution in [2.75, 3.05) is 19.5 Å². The fourth-order valence-corrected chi connectivity index (χ4v) is 3.67. The van der Waals surface area contributed by atoms with Crippen molar-refractivity contribution in [3.05, 3.63) is 47.5 Å². The molecule has 0 heterocycles. The highest BCUT2D eigenvalue weighted by Crippen LogP contribution is 2.29. The van der Waals surface area contributed by atoms with Crippen LogP contribution in [0.3, 0.4) is 0 Å². The molecule has 7 nitrogen and oxygen atoms in total. The first-order valence-electron chi connectivity index (χ1n) is 8.30. The van der Waals surface area contributed by atoms with Gasteiger partial charge in [-0.3, -0.25) is 4.79 Å². The number of aryl methyl sites for hydroxylation is 2. The van der Waals surface area contributed by atoms with Crippen molar-refractivity contribution in [2.24, 2.45) is 0 Å². The van der Waals surface area contributed by atoms with Crippen molar-refractivity contribution >= 4 is 21.6 Å². The molecular weight excluding hydrogens is 368 g/mol. The summed E-state index contributed by atoms with van der Waals surface area (Å²) in [6.45, 7) is 5.27. The lowest BCUT2D eigenvalue weighted by Crippen LogP contribution is -2.41. The van der Waals surface area contributed by atoms with E-state index in [2.05, 4.69) is 10.0 Å². The first-order chi connectivity index (χ1) is 12.7. The molecule has 146 valence electrons. The maximum atomic E-state index is 12.6. The van der Waals surface area contributed by atoms with Gasteiger partial charge in [0.05, 0.1) is 25.2 Å². The van der Waals surface area contributed by atoms with Gasteiger partial charge in [-0.15, -0.1) is 0 Å². The van der Waals surface area contributed by atoms with Gasteiger partial charge in [0, 0.05) is 11.8 Å². The molecule has 0 spiro atoms. The van der Waals surface area contributed by atoms with Crippen molar-refractivity contribution in [3.63, 3.8) is 0 Å². The van der Waals surface area contributed by atoms with Gasteiger partial charge in [0.15, 0.2) is 11.5 Å². The SMILES string of the molecule is COc1ccc(S(=O)(=O)NC(C)C(=O)Nc2cc(C)ccc2C)cc1OC. The second kappa shape index (κ2) is 8.41. The first-order valence-corrected chi connectivity index (χ1v) is 9.78. The van der Waals surface area contributed by atoms with Gasteiger partial charge in [-0.25, -0.2) is 8.42 Å². The average molecular weight is 392 g/mol. The van der Waals surface area contributed by atoms with E-state index in [0.717, 1.165) is 11.1 Å². The smallest absolute Gasteiger partial charge is 0.242 e. The zero-order valence-corrected chi connectivity index (χ0v) is 16.8. The van der Waals surface area contributed by atoms with Crippen LogP contribution in [0.4, 0.5) is 5.69 Å². The van der Waals surface area contributed by atoms with Crippen LogP contribution in [0.25, 0.3) is 0 Å². The minimum Gasteiger partial charge on any atom is -0.493 e. The highest BCUT2D eigenvalue weighted by Gasteiger charge is 2.23. The topological polar surface area (TPSA) is 93.7 Å². The summed E-state index contributed by atoms with van der Waals surface area (Å²) in [6, 6.07) is 8.92. The zero-order valence-electron chi connectivity index (χ0n) is 16.0. The van der Waals surface area contributed by atoms with Crippen LogP contribution in [0, 0.1) is 13.8 Å². The Bertz CT molecular complexity index is 941. The Balaban J connectivity index is 2.17. The van der Waals surface area contributed by atoms with E-state index in [-0.39, 0.29) is 10.6 Å². The molecule has 2 aromatic rings. The van der Waals surface area contributed by atoms with Crippen LogP contribution in [0.2, 0.25) is 0 Å². The molecule has 0 bridgehead atoms. The molecule has 0 fully saturated rings. The van der Waals surface area contributed by atoms with Crippen LogP contribution >= 0.6 is 0 Å². The Morgan fingerprint density at radius 2 is 1.67 bits per heavy atom. The minimum absolute atomic E-state index is 0.0217. The van der Waals surface area contributed by atoms with Crippen LogP contribution in [-0.2, 0) is 14.8 Å². The molecular formula is C19H24N2O5S. The summed E-state index contributed by atoms with van der Waals surface area (Å²) in [5.74, 6) is 0.248. The summed E-state index contributed by atoms with van der Waals surface area (Å²) >= 11 is 0. The first kappa shape index (κ1) is 20.7. The lowest BCUT2D eigenvalue weighted by atomic mass is 10.1. The molecule has 1 unspecified atom stereocenters. The van der Waals surface area contributed by atoms with Gasteiger partial charge >= 0.3 is 0 Å².